The molecule has 0 unspecified atom stereocenters. The molecule has 2 aliphatic rings. The summed E-state index contributed by atoms with van der Waals surface area (Å²) in [6.45, 7) is -0.111. The Kier molecular flexibility index (Phi) is 6.81. The van der Waals surface area contributed by atoms with E-state index in [-0.39, 0.29) is 49.1 Å². The minimum atomic E-state index is -4.97. The van der Waals surface area contributed by atoms with E-state index in [0.717, 1.165) is 6.07 Å². The second kappa shape index (κ2) is 9.49. The number of piperidine rings is 1. The van der Waals surface area contributed by atoms with Crippen molar-refractivity contribution in [2.75, 3.05) is 13.2 Å². The lowest BCUT2D eigenvalue weighted by molar-refractivity contribution is -0.136. The number of carbonyl (C=O) groups excluding carboxylic acids is 1. The van der Waals surface area contributed by atoms with Crippen LogP contribution in [-0.2, 0) is 21.2 Å². The molecule has 0 aliphatic carbocycles. The Morgan fingerprint density at radius 1 is 1.12 bits per heavy atom. The van der Waals surface area contributed by atoms with Crippen molar-refractivity contribution in [3.05, 3.63) is 53.3 Å². The highest BCUT2D eigenvalue weighted by Gasteiger charge is 2.39. The van der Waals surface area contributed by atoms with E-state index < -0.39 is 57.0 Å². The van der Waals surface area contributed by atoms with Gasteiger partial charge in [-0.3, -0.25) is 4.79 Å². The van der Waals surface area contributed by atoms with Gasteiger partial charge in [-0.15, -0.1) is 0 Å². The molecule has 2 atom stereocenters. The number of nitrogens with one attached hydrogen (secondary N) is 1. The maximum atomic E-state index is 15.6. The number of sulfonamides is 1. The van der Waals surface area contributed by atoms with Crippen LogP contribution in [0.2, 0.25) is 0 Å². The number of alkyl halides is 2. The van der Waals surface area contributed by atoms with Crippen LogP contribution in [-0.4, -0.2) is 50.2 Å². The molecule has 1 N–H and O–H groups in total. The lowest BCUT2D eigenvalue weighted by Gasteiger charge is -2.42. The van der Waals surface area contributed by atoms with Gasteiger partial charge in [0.1, 0.15) is 11.6 Å². The monoisotopic (exact) mass is 504 g/mol. The molecule has 0 radical (unpaired) electrons. The number of benzene rings is 2. The molecular formula is C22H21F5N2O4S. The van der Waals surface area contributed by atoms with Gasteiger partial charge in [-0.25, -0.2) is 26.3 Å². The molecule has 0 spiro atoms. The zero-order valence-corrected chi connectivity index (χ0v) is 18.6. The summed E-state index contributed by atoms with van der Waals surface area (Å²) in [5, 5.41) is 0. The third-order valence-electron chi connectivity index (χ3n) is 6.02. The van der Waals surface area contributed by atoms with E-state index in [1.165, 1.54) is 23.1 Å². The zero-order chi connectivity index (χ0) is 24.6. The molecule has 2 heterocycles. The first-order valence-electron chi connectivity index (χ1n) is 10.6. The summed E-state index contributed by atoms with van der Waals surface area (Å²) < 4.78 is 101. The van der Waals surface area contributed by atoms with Gasteiger partial charge < -0.3 is 9.64 Å². The Balaban J connectivity index is 1.82. The molecule has 1 saturated heterocycles. The van der Waals surface area contributed by atoms with Gasteiger partial charge in [0.2, 0.25) is 5.91 Å². The molecule has 12 heteroatoms. The largest absolute Gasteiger partial charge is 0.489 e. The second-order valence-electron chi connectivity index (χ2n) is 8.17. The molecule has 0 saturated carbocycles. The highest BCUT2D eigenvalue weighted by Crippen LogP contribution is 2.37. The molecule has 2 bridgehead atoms. The highest BCUT2D eigenvalue weighted by atomic mass is 32.2. The number of ether oxygens (including phenoxy) is 1. The van der Waals surface area contributed by atoms with Crippen LogP contribution in [0.5, 0.6) is 5.75 Å². The average Bonchev–Trinajstić information content (AvgIpc) is 2.76. The van der Waals surface area contributed by atoms with E-state index in [1.54, 1.807) is 0 Å². The number of hydrogen-bond acceptors (Lipinski definition) is 4. The lowest BCUT2D eigenvalue weighted by atomic mass is 9.89. The minimum Gasteiger partial charge on any atom is -0.489 e. The quantitative estimate of drug-likeness (QED) is 0.649. The summed E-state index contributed by atoms with van der Waals surface area (Å²) in [5.41, 5.74) is -0.301. The number of hydrogen-bond donors (Lipinski definition) is 1. The van der Waals surface area contributed by atoms with E-state index in [2.05, 4.69) is 0 Å². The smallest absolute Gasteiger partial charge is 0.350 e. The first-order chi connectivity index (χ1) is 16.1. The minimum absolute atomic E-state index is 0.0274. The molecule has 2 aromatic rings. The van der Waals surface area contributed by atoms with E-state index in [9.17, 15) is 30.8 Å². The first kappa shape index (κ1) is 24.4. The summed E-state index contributed by atoms with van der Waals surface area (Å²) in [6, 6.07) is 3.62. The first-order valence-corrected chi connectivity index (χ1v) is 12.1. The topological polar surface area (TPSA) is 75.7 Å². The van der Waals surface area contributed by atoms with Crippen LogP contribution in [0.25, 0.3) is 11.1 Å². The van der Waals surface area contributed by atoms with Crippen LogP contribution in [0.15, 0.2) is 30.3 Å². The normalized spacial score (nSPS) is 21.2. The molecule has 1 amide bonds. The van der Waals surface area contributed by atoms with Crippen molar-refractivity contribution in [3.8, 4) is 16.9 Å². The average molecular weight is 504 g/mol. The van der Waals surface area contributed by atoms with Gasteiger partial charge in [0.15, 0.2) is 11.6 Å². The van der Waals surface area contributed by atoms with Gasteiger partial charge >= 0.3 is 5.76 Å². The Morgan fingerprint density at radius 3 is 2.62 bits per heavy atom. The molecular weight excluding hydrogens is 483 g/mol. The van der Waals surface area contributed by atoms with Crippen LogP contribution in [0.4, 0.5) is 22.0 Å². The van der Waals surface area contributed by atoms with E-state index in [4.69, 9.17) is 4.74 Å². The van der Waals surface area contributed by atoms with Crippen LogP contribution >= 0.6 is 0 Å². The second-order valence-corrected chi connectivity index (χ2v) is 9.85. The molecule has 2 aromatic carbocycles. The summed E-state index contributed by atoms with van der Waals surface area (Å²) >= 11 is 0. The van der Waals surface area contributed by atoms with Crippen molar-refractivity contribution in [3.63, 3.8) is 0 Å². The number of fused-ring (bicyclic) bond motifs is 5. The van der Waals surface area contributed by atoms with Gasteiger partial charge in [0, 0.05) is 29.8 Å². The fourth-order valence-electron chi connectivity index (χ4n) is 4.48. The Labute approximate surface area is 192 Å². The van der Waals surface area contributed by atoms with Gasteiger partial charge in [0.25, 0.3) is 10.0 Å². The molecule has 1 fully saturated rings. The fourth-order valence-corrected chi connectivity index (χ4v) is 5.28. The Morgan fingerprint density at radius 2 is 1.88 bits per heavy atom. The predicted molar refractivity (Wildman–Crippen MR) is 112 cm³/mol. The Hall–Kier alpha value is -2.73. The van der Waals surface area contributed by atoms with Crippen LogP contribution in [0, 0.1) is 17.5 Å². The third-order valence-corrected chi connectivity index (χ3v) is 7.12. The van der Waals surface area contributed by atoms with Crippen molar-refractivity contribution in [1.29, 1.82) is 0 Å². The number of nitrogens with zero attached hydrogens (tertiary/aromatic N) is 1. The van der Waals surface area contributed by atoms with Crippen LogP contribution in [0.3, 0.4) is 0 Å². The van der Waals surface area contributed by atoms with Crippen molar-refractivity contribution in [1.82, 2.24) is 9.62 Å². The van der Waals surface area contributed by atoms with Crippen molar-refractivity contribution < 1.29 is 39.9 Å². The Bertz CT molecular complexity index is 1210. The number of amides is 1. The summed E-state index contributed by atoms with van der Waals surface area (Å²) in [7, 11) is -4.97. The molecule has 184 valence electrons. The van der Waals surface area contributed by atoms with Crippen molar-refractivity contribution in [2.24, 2.45) is 0 Å². The summed E-state index contributed by atoms with van der Waals surface area (Å²) in [5.74, 6) is -7.41. The zero-order valence-electron chi connectivity index (χ0n) is 17.7. The maximum absolute atomic E-state index is 15.6. The fraction of sp³-hybridized carbons (Fsp3) is 0.409. The summed E-state index contributed by atoms with van der Waals surface area (Å²) in [6.07, 6.45) is 0.0591. The van der Waals surface area contributed by atoms with Crippen molar-refractivity contribution >= 4 is 15.9 Å². The molecule has 4 rings (SSSR count). The van der Waals surface area contributed by atoms with Crippen LogP contribution < -0.4 is 9.46 Å². The standard InChI is InChI=1S/C22H21F5N2O4S/c23-13-10-15-14-4-1-3-12(20(14)25)9-18-17(28-34(31,32)22(26)27)5-2-7-29(18)19(30)6-8-33-21(15)16(24)11-13/h1,3-4,10-11,17-18,22,28H,2,5-9H2/t17-,18-/m0/s1. The lowest BCUT2D eigenvalue weighted by Crippen LogP contribution is -2.58. The number of halogens is 5. The van der Waals surface area contributed by atoms with Gasteiger partial charge in [-0.2, -0.15) is 8.78 Å². The molecule has 2 aliphatic heterocycles. The van der Waals surface area contributed by atoms with E-state index >= 15 is 4.39 Å². The van der Waals surface area contributed by atoms with E-state index in [0.29, 0.717) is 12.5 Å². The molecule has 0 aromatic heterocycles. The highest BCUT2D eigenvalue weighted by molar-refractivity contribution is 7.89. The van der Waals surface area contributed by atoms with Gasteiger partial charge in [-0.1, -0.05) is 18.2 Å². The number of carbonyl (C=O) groups is 1. The summed E-state index contributed by atoms with van der Waals surface area (Å²) in [4.78, 5) is 14.3. The third kappa shape index (κ3) is 4.74. The van der Waals surface area contributed by atoms with E-state index in [1.807, 2.05) is 4.72 Å². The SMILES string of the molecule is O=C1CCOc2c(F)cc(F)cc2-c2cccc(c2F)C[C@H]2[C@@H](NS(=O)(=O)C(F)F)CCCN12. The molecule has 6 nitrogen and oxygen atoms in total. The van der Waals surface area contributed by atoms with Gasteiger partial charge in [-0.05, 0) is 30.9 Å². The van der Waals surface area contributed by atoms with Gasteiger partial charge in [0.05, 0.1) is 19.1 Å². The molecule has 34 heavy (non-hydrogen) atoms. The van der Waals surface area contributed by atoms with Crippen molar-refractivity contribution in [2.45, 2.75) is 43.5 Å². The predicted octanol–water partition coefficient (Wildman–Crippen LogP) is 3.60. The van der Waals surface area contributed by atoms with Crippen LogP contribution in [0.1, 0.15) is 24.8 Å². The number of rotatable bonds is 3. The maximum Gasteiger partial charge on any atom is 0.350 e.